The standard InChI is InChI=1S/C13H26N4O/c1-11(2)15-13(3,10-18)9-16(4)8-12-14-6-7-17(12)5/h6-7,11,15,18H,8-10H2,1-5H3. The van der Waals surface area contributed by atoms with Crippen LogP contribution in [0.25, 0.3) is 0 Å². The molecule has 104 valence electrons. The summed E-state index contributed by atoms with van der Waals surface area (Å²) in [5, 5.41) is 13.0. The second-order valence-electron chi connectivity index (χ2n) is 5.64. The number of aryl methyl sites for hydroxylation is 1. The number of nitrogens with one attached hydrogen (secondary N) is 1. The summed E-state index contributed by atoms with van der Waals surface area (Å²) in [5.74, 6) is 1.03. The molecule has 1 aromatic rings. The molecule has 5 nitrogen and oxygen atoms in total. The highest BCUT2D eigenvalue weighted by molar-refractivity contribution is 4.93. The van der Waals surface area contributed by atoms with E-state index < -0.39 is 0 Å². The van der Waals surface area contributed by atoms with Crippen molar-refractivity contribution in [1.82, 2.24) is 19.8 Å². The second-order valence-corrected chi connectivity index (χ2v) is 5.64. The van der Waals surface area contributed by atoms with Crippen molar-refractivity contribution < 1.29 is 5.11 Å². The lowest BCUT2D eigenvalue weighted by Gasteiger charge is -2.34. The Kier molecular flexibility index (Phi) is 5.31. The van der Waals surface area contributed by atoms with Gasteiger partial charge in [-0.05, 0) is 14.0 Å². The van der Waals surface area contributed by atoms with E-state index in [0.717, 1.165) is 18.9 Å². The molecule has 0 saturated heterocycles. The molecule has 0 radical (unpaired) electrons. The fourth-order valence-corrected chi connectivity index (χ4v) is 2.28. The number of aliphatic hydroxyl groups is 1. The minimum atomic E-state index is -0.284. The summed E-state index contributed by atoms with van der Waals surface area (Å²) in [6.07, 6.45) is 3.75. The Hall–Kier alpha value is -0.910. The molecule has 0 aromatic carbocycles. The number of likely N-dealkylation sites (N-methyl/N-ethyl adjacent to an activating group) is 1. The highest BCUT2D eigenvalue weighted by Gasteiger charge is 2.25. The maximum atomic E-state index is 9.55. The van der Waals surface area contributed by atoms with Crippen molar-refractivity contribution in [2.24, 2.45) is 7.05 Å². The molecule has 5 heteroatoms. The molecular weight excluding hydrogens is 228 g/mol. The molecule has 1 atom stereocenters. The van der Waals surface area contributed by atoms with Gasteiger partial charge in [0.15, 0.2) is 0 Å². The zero-order valence-corrected chi connectivity index (χ0v) is 12.1. The zero-order valence-electron chi connectivity index (χ0n) is 12.1. The Balaban J connectivity index is 2.57. The SMILES string of the molecule is CC(C)NC(C)(CO)CN(C)Cc1nccn1C. The van der Waals surface area contributed by atoms with Gasteiger partial charge in [-0.3, -0.25) is 4.90 Å². The van der Waals surface area contributed by atoms with Crippen LogP contribution in [0.15, 0.2) is 12.4 Å². The number of rotatable bonds is 7. The normalized spacial score (nSPS) is 15.3. The molecule has 2 N–H and O–H groups in total. The van der Waals surface area contributed by atoms with Crippen LogP contribution in [0.3, 0.4) is 0 Å². The minimum Gasteiger partial charge on any atom is -0.394 e. The van der Waals surface area contributed by atoms with Crippen molar-refractivity contribution in [3.63, 3.8) is 0 Å². The van der Waals surface area contributed by atoms with Gasteiger partial charge < -0.3 is 15.0 Å². The maximum absolute atomic E-state index is 9.55. The summed E-state index contributed by atoms with van der Waals surface area (Å²) >= 11 is 0. The van der Waals surface area contributed by atoms with E-state index in [4.69, 9.17) is 0 Å². The van der Waals surface area contributed by atoms with E-state index in [-0.39, 0.29) is 12.1 Å². The van der Waals surface area contributed by atoms with E-state index in [2.05, 4.69) is 29.0 Å². The molecule has 1 heterocycles. The quantitative estimate of drug-likeness (QED) is 0.748. The molecule has 1 unspecified atom stereocenters. The molecule has 0 fully saturated rings. The van der Waals surface area contributed by atoms with Gasteiger partial charge in [-0.15, -0.1) is 0 Å². The summed E-state index contributed by atoms with van der Waals surface area (Å²) in [6, 6.07) is 0.351. The first kappa shape index (κ1) is 15.1. The first-order chi connectivity index (χ1) is 8.36. The number of hydrogen-bond acceptors (Lipinski definition) is 4. The van der Waals surface area contributed by atoms with E-state index in [1.54, 1.807) is 6.20 Å². The predicted molar refractivity (Wildman–Crippen MR) is 73.3 cm³/mol. The van der Waals surface area contributed by atoms with Gasteiger partial charge in [0.2, 0.25) is 0 Å². The van der Waals surface area contributed by atoms with Gasteiger partial charge in [0.1, 0.15) is 5.82 Å². The maximum Gasteiger partial charge on any atom is 0.122 e. The molecule has 0 aliphatic heterocycles. The molecular formula is C13H26N4O. The summed E-state index contributed by atoms with van der Waals surface area (Å²) in [4.78, 5) is 6.49. The number of aromatic nitrogens is 2. The van der Waals surface area contributed by atoms with Crippen LogP contribution in [0.4, 0.5) is 0 Å². The largest absolute Gasteiger partial charge is 0.394 e. The van der Waals surface area contributed by atoms with E-state index in [9.17, 15) is 5.11 Å². The Morgan fingerprint density at radius 2 is 2.22 bits per heavy atom. The van der Waals surface area contributed by atoms with Gasteiger partial charge >= 0.3 is 0 Å². The Bertz CT molecular complexity index is 364. The average Bonchev–Trinajstić information content (AvgIpc) is 2.63. The molecule has 0 spiro atoms. The molecule has 0 amide bonds. The number of hydrogen-bond donors (Lipinski definition) is 2. The lowest BCUT2D eigenvalue weighted by atomic mass is 10.0. The van der Waals surface area contributed by atoms with Gasteiger partial charge in [-0.25, -0.2) is 4.98 Å². The van der Waals surface area contributed by atoms with Gasteiger partial charge in [0, 0.05) is 32.0 Å². The summed E-state index contributed by atoms with van der Waals surface area (Å²) < 4.78 is 2.02. The van der Waals surface area contributed by atoms with Crippen LogP contribution < -0.4 is 5.32 Å². The van der Waals surface area contributed by atoms with E-state index in [1.807, 2.05) is 31.8 Å². The lowest BCUT2D eigenvalue weighted by Crippen LogP contribution is -2.55. The fourth-order valence-electron chi connectivity index (χ4n) is 2.28. The van der Waals surface area contributed by atoms with Crippen LogP contribution in [-0.2, 0) is 13.6 Å². The molecule has 1 rings (SSSR count). The van der Waals surface area contributed by atoms with Crippen molar-refractivity contribution in [3.8, 4) is 0 Å². The summed E-state index contributed by atoms with van der Waals surface area (Å²) in [6.45, 7) is 7.89. The van der Waals surface area contributed by atoms with Crippen LogP contribution in [0.2, 0.25) is 0 Å². The van der Waals surface area contributed by atoms with Crippen LogP contribution in [-0.4, -0.2) is 51.3 Å². The minimum absolute atomic E-state index is 0.121. The highest BCUT2D eigenvalue weighted by atomic mass is 16.3. The average molecular weight is 254 g/mol. The molecule has 0 aliphatic rings. The van der Waals surface area contributed by atoms with Crippen molar-refractivity contribution in [2.45, 2.75) is 38.9 Å². The van der Waals surface area contributed by atoms with Crippen molar-refractivity contribution in [2.75, 3.05) is 20.2 Å². The highest BCUT2D eigenvalue weighted by Crippen LogP contribution is 2.09. The predicted octanol–water partition coefficient (Wildman–Crippen LogP) is 0.601. The smallest absolute Gasteiger partial charge is 0.122 e. The molecule has 1 aromatic heterocycles. The molecule has 0 aliphatic carbocycles. The summed E-state index contributed by atoms with van der Waals surface area (Å²) in [7, 11) is 4.04. The first-order valence-electron chi connectivity index (χ1n) is 6.39. The van der Waals surface area contributed by atoms with Gasteiger partial charge in [-0.1, -0.05) is 13.8 Å². The van der Waals surface area contributed by atoms with Gasteiger partial charge in [0.05, 0.1) is 18.7 Å². The van der Waals surface area contributed by atoms with E-state index in [1.165, 1.54) is 0 Å². The fraction of sp³-hybridized carbons (Fsp3) is 0.769. The van der Waals surface area contributed by atoms with Crippen LogP contribution in [0, 0.1) is 0 Å². The topological polar surface area (TPSA) is 53.3 Å². The van der Waals surface area contributed by atoms with E-state index in [0.29, 0.717) is 6.04 Å². The number of imidazole rings is 1. The first-order valence-corrected chi connectivity index (χ1v) is 6.39. The van der Waals surface area contributed by atoms with Crippen molar-refractivity contribution in [3.05, 3.63) is 18.2 Å². The molecule has 18 heavy (non-hydrogen) atoms. The van der Waals surface area contributed by atoms with Crippen LogP contribution in [0.5, 0.6) is 0 Å². The molecule has 0 saturated carbocycles. The van der Waals surface area contributed by atoms with Gasteiger partial charge in [0.25, 0.3) is 0 Å². The number of nitrogens with zero attached hydrogens (tertiary/aromatic N) is 3. The molecule has 0 bridgehead atoms. The lowest BCUT2D eigenvalue weighted by molar-refractivity contribution is 0.121. The third kappa shape index (κ3) is 4.40. The zero-order chi connectivity index (χ0) is 13.8. The number of aliphatic hydroxyl groups excluding tert-OH is 1. The monoisotopic (exact) mass is 254 g/mol. The Morgan fingerprint density at radius 1 is 1.56 bits per heavy atom. The Morgan fingerprint density at radius 3 is 2.67 bits per heavy atom. The van der Waals surface area contributed by atoms with Crippen molar-refractivity contribution in [1.29, 1.82) is 0 Å². The third-order valence-electron chi connectivity index (χ3n) is 2.94. The van der Waals surface area contributed by atoms with Crippen LogP contribution in [0.1, 0.15) is 26.6 Å². The third-order valence-corrected chi connectivity index (χ3v) is 2.94. The Labute approximate surface area is 110 Å². The van der Waals surface area contributed by atoms with Gasteiger partial charge in [-0.2, -0.15) is 0 Å². The summed E-state index contributed by atoms with van der Waals surface area (Å²) in [5.41, 5.74) is -0.284. The second kappa shape index (κ2) is 6.31. The van der Waals surface area contributed by atoms with Crippen molar-refractivity contribution >= 4 is 0 Å². The van der Waals surface area contributed by atoms with E-state index >= 15 is 0 Å². The van der Waals surface area contributed by atoms with Crippen LogP contribution >= 0.6 is 0 Å².